The Labute approximate surface area is 127 Å². The molecule has 3 rings (SSSR count). The Morgan fingerprint density at radius 2 is 2.23 bits per heavy atom. The van der Waals surface area contributed by atoms with Crippen LogP contribution in [0.2, 0.25) is 0 Å². The Balaban J connectivity index is 2.21. The van der Waals surface area contributed by atoms with Crippen LogP contribution < -0.4 is 15.8 Å². The third kappa shape index (κ3) is 2.20. The fourth-order valence-corrected chi connectivity index (χ4v) is 2.69. The van der Waals surface area contributed by atoms with E-state index in [-0.39, 0.29) is 0 Å². The van der Waals surface area contributed by atoms with Gasteiger partial charge in [-0.25, -0.2) is 4.68 Å². The second-order valence-electron chi connectivity index (χ2n) is 4.93. The van der Waals surface area contributed by atoms with E-state index >= 15 is 0 Å². The average molecular weight is 299 g/mol. The van der Waals surface area contributed by atoms with Crippen molar-refractivity contribution in [2.24, 2.45) is 5.73 Å². The number of aromatic nitrogens is 3. The van der Waals surface area contributed by atoms with Crippen molar-refractivity contribution in [3.8, 4) is 5.75 Å². The first-order valence-electron chi connectivity index (χ1n) is 7.02. The molecule has 114 valence electrons. The summed E-state index contributed by atoms with van der Waals surface area (Å²) in [6, 6.07) is 7.09. The summed E-state index contributed by atoms with van der Waals surface area (Å²) >= 11 is 0. The summed E-state index contributed by atoms with van der Waals surface area (Å²) in [5, 5.41) is 7.28. The number of primary amides is 1. The Hall–Kier alpha value is -2.83. The zero-order chi connectivity index (χ0) is 15.7. The summed E-state index contributed by atoms with van der Waals surface area (Å²) in [5.41, 5.74) is 7.54. The van der Waals surface area contributed by atoms with Gasteiger partial charge in [0.05, 0.1) is 12.2 Å². The van der Waals surface area contributed by atoms with Gasteiger partial charge in [-0.05, 0) is 19.9 Å². The number of rotatable bonds is 4. The SMILES string of the molecule is CCOc1ccccc1[C@@H]1C(C(N)=O)=C(C)Nc2ncnn21. The number of nitrogens with one attached hydrogen (secondary N) is 1. The first-order valence-corrected chi connectivity index (χ1v) is 7.02. The molecule has 1 aliphatic rings. The molecule has 1 amide bonds. The molecule has 0 radical (unpaired) electrons. The molecule has 22 heavy (non-hydrogen) atoms. The van der Waals surface area contributed by atoms with Crippen molar-refractivity contribution in [2.45, 2.75) is 19.9 Å². The van der Waals surface area contributed by atoms with Crippen LogP contribution in [0.3, 0.4) is 0 Å². The molecule has 3 N–H and O–H groups in total. The molecule has 1 aromatic heterocycles. The molecular weight excluding hydrogens is 282 g/mol. The maximum Gasteiger partial charge on any atom is 0.248 e. The topological polar surface area (TPSA) is 95.1 Å². The van der Waals surface area contributed by atoms with Gasteiger partial charge < -0.3 is 15.8 Å². The summed E-state index contributed by atoms with van der Waals surface area (Å²) in [6.45, 7) is 4.24. The van der Waals surface area contributed by atoms with Crippen LogP contribution in [0.1, 0.15) is 25.5 Å². The molecule has 1 aromatic carbocycles. The number of hydrogen-bond acceptors (Lipinski definition) is 5. The quantitative estimate of drug-likeness (QED) is 0.891. The average Bonchev–Trinajstić information content (AvgIpc) is 2.94. The maximum atomic E-state index is 12.0. The van der Waals surface area contributed by atoms with Gasteiger partial charge in [0.15, 0.2) is 0 Å². The molecular formula is C15H17N5O2. The standard InChI is InChI=1S/C15H17N5O2/c1-3-22-11-7-5-4-6-10(11)13-12(14(16)21)9(2)19-15-17-8-18-20(13)15/h4-8,13H,3H2,1-2H3,(H2,16,21)(H,17,18,19)/t13-/m1/s1. The molecule has 7 nitrogen and oxygen atoms in total. The number of fused-ring (bicyclic) bond motifs is 1. The highest BCUT2D eigenvalue weighted by Crippen LogP contribution is 2.38. The highest BCUT2D eigenvalue weighted by molar-refractivity contribution is 5.95. The van der Waals surface area contributed by atoms with Crippen LogP contribution in [0.15, 0.2) is 41.9 Å². The molecule has 2 aromatic rings. The largest absolute Gasteiger partial charge is 0.494 e. The highest BCUT2D eigenvalue weighted by atomic mass is 16.5. The third-order valence-electron chi connectivity index (χ3n) is 3.57. The van der Waals surface area contributed by atoms with Gasteiger partial charge in [-0.2, -0.15) is 10.1 Å². The molecule has 7 heteroatoms. The van der Waals surface area contributed by atoms with E-state index < -0.39 is 11.9 Å². The number of nitrogens with zero attached hydrogens (tertiary/aromatic N) is 3. The van der Waals surface area contributed by atoms with E-state index in [0.29, 0.717) is 29.6 Å². The van der Waals surface area contributed by atoms with Crippen molar-refractivity contribution < 1.29 is 9.53 Å². The van der Waals surface area contributed by atoms with E-state index in [1.165, 1.54) is 6.33 Å². The molecule has 0 spiro atoms. The fourth-order valence-electron chi connectivity index (χ4n) is 2.69. The van der Waals surface area contributed by atoms with Gasteiger partial charge in [0.1, 0.15) is 18.1 Å². The van der Waals surface area contributed by atoms with Crippen LogP contribution in [0, 0.1) is 0 Å². The minimum absolute atomic E-state index is 0.449. The van der Waals surface area contributed by atoms with Gasteiger partial charge in [0.25, 0.3) is 0 Å². The number of benzene rings is 1. The molecule has 0 aliphatic carbocycles. The second kappa shape index (κ2) is 5.51. The maximum absolute atomic E-state index is 12.0. The summed E-state index contributed by atoms with van der Waals surface area (Å²) in [7, 11) is 0. The van der Waals surface area contributed by atoms with Crippen LogP contribution in [-0.4, -0.2) is 27.3 Å². The minimum atomic E-state index is -0.498. The number of anilines is 1. The summed E-state index contributed by atoms with van der Waals surface area (Å²) in [4.78, 5) is 16.1. The zero-order valence-corrected chi connectivity index (χ0v) is 12.4. The molecule has 0 bridgehead atoms. The lowest BCUT2D eigenvalue weighted by Crippen LogP contribution is -2.32. The number of ether oxygens (including phenoxy) is 1. The molecule has 0 saturated carbocycles. The predicted octanol–water partition coefficient (Wildman–Crippen LogP) is 1.45. The second-order valence-corrected chi connectivity index (χ2v) is 4.93. The zero-order valence-electron chi connectivity index (χ0n) is 12.4. The lowest BCUT2D eigenvalue weighted by atomic mass is 9.94. The van der Waals surface area contributed by atoms with Gasteiger partial charge in [-0.15, -0.1) is 0 Å². The molecule has 2 heterocycles. The van der Waals surface area contributed by atoms with E-state index in [1.807, 2.05) is 31.2 Å². The van der Waals surface area contributed by atoms with Gasteiger partial charge >= 0.3 is 0 Å². The van der Waals surface area contributed by atoms with E-state index in [0.717, 1.165) is 5.56 Å². The number of amides is 1. The third-order valence-corrected chi connectivity index (χ3v) is 3.57. The molecule has 0 saturated heterocycles. The summed E-state index contributed by atoms with van der Waals surface area (Å²) < 4.78 is 7.33. The van der Waals surface area contributed by atoms with Gasteiger partial charge in [-0.3, -0.25) is 4.79 Å². The van der Waals surface area contributed by atoms with E-state index in [1.54, 1.807) is 11.6 Å². The van der Waals surface area contributed by atoms with Gasteiger partial charge in [0.2, 0.25) is 11.9 Å². The van der Waals surface area contributed by atoms with Crippen molar-refractivity contribution in [3.05, 3.63) is 47.4 Å². The smallest absolute Gasteiger partial charge is 0.248 e. The van der Waals surface area contributed by atoms with E-state index in [2.05, 4.69) is 15.4 Å². The van der Waals surface area contributed by atoms with Crippen LogP contribution >= 0.6 is 0 Å². The van der Waals surface area contributed by atoms with Crippen LogP contribution in [0.25, 0.3) is 0 Å². The number of carbonyl (C=O) groups excluding carboxylic acids is 1. The number of nitrogens with two attached hydrogens (primary N) is 1. The summed E-state index contributed by atoms with van der Waals surface area (Å²) in [6.07, 6.45) is 1.44. The predicted molar refractivity (Wildman–Crippen MR) is 81.3 cm³/mol. The van der Waals surface area contributed by atoms with Crippen LogP contribution in [-0.2, 0) is 4.79 Å². The first-order chi connectivity index (χ1) is 10.6. The lowest BCUT2D eigenvalue weighted by Gasteiger charge is -2.28. The van der Waals surface area contributed by atoms with Crippen LogP contribution in [0.4, 0.5) is 5.95 Å². The first kappa shape index (κ1) is 14.1. The number of carbonyl (C=O) groups is 1. The molecule has 0 fully saturated rings. The van der Waals surface area contributed by atoms with Crippen molar-refractivity contribution in [1.29, 1.82) is 0 Å². The van der Waals surface area contributed by atoms with Gasteiger partial charge in [0, 0.05) is 11.3 Å². The fraction of sp³-hybridized carbons (Fsp3) is 0.267. The molecule has 1 aliphatic heterocycles. The van der Waals surface area contributed by atoms with Crippen LogP contribution in [0.5, 0.6) is 5.75 Å². The highest BCUT2D eigenvalue weighted by Gasteiger charge is 2.33. The van der Waals surface area contributed by atoms with Crippen molar-refractivity contribution in [2.75, 3.05) is 11.9 Å². The Morgan fingerprint density at radius 1 is 1.45 bits per heavy atom. The number of hydrogen-bond donors (Lipinski definition) is 2. The normalized spacial score (nSPS) is 16.9. The molecule has 1 atom stereocenters. The van der Waals surface area contributed by atoms with Gasteiger partial charge in [-0.1, -0.05) is 18.2 Å². The Morgan fingerprint density at radius 3 is 2.95 bits per heavy atom. The summed E-state index contributed by atoms with van der Waals surface area (Å²) in [5.74, 6) is 0.770. The lowest BCUT2D eigenvalue weighted by molar-refractivity contribution is -0.115. The van der Waals surface area contributed by atoms with E-state index in [9.17, 15) is 4.79 Å². The van der Waals surface area contributed by atoms with Crippen molar-refractivity contribution >= 4 is 11.9 Å². The van der Waals surface area contributed by atoms with E-state index in [4.69, 9.17) is 10.5 Å². The monoisotopic (exact) mass is 299 g/mol. The Kier molecular flexibility index (Phi) is 3.54. The van der Waals surface area contributed by atoms with Crippen molar-refractivity contribution in [1.82, 2.24) is 14.8 Å². The molecule has 0 unspecified atom stereocenters. The van der Waals surface area contributed by atoms with Crippen molar-refractivity contribution in [3.63, 3.8) is 0 Å². The Bertz CT molecular complexity index is 750. The number of para-hydroxylation sites is 1. The minimum Gasteiger partial charge on any atom is -0.494 e. The number of allylic oxidation sites excluding steroid dienone is 1.